The zero-order valence-electron chi connectivity index (χ0n) is 15.4. The number of carbonyl (C=O) groups is 1. The fourth-order valence-corrected chi connectivity index (χ4v) is 4.38. The van der Waals surface area contributed by atoms with Gasteiger partial charge < -0.3 is 5.32 Å². The second kappa shape index (κ2) is 8.00. The van der Waals surface area contributed by atoms with Crippen molar-refractivity contribution in [1.29, 1.82) is 0 Å². The van der Waals surface area contributed by atoms with E-state index in [1.807, 2.05) is 13.8 Å². The van der Waals surface area contributed by atoms with Gasteiger partial charge in [0.05, 0.1) is 11.4 Å². The number of sulfonamides is 1. The molecule has 1 fully saturated rings. The zero-order valence-corrected chi connectivity index (χ0v) is 17.0. The summed E-state index contributed by atoms with van der Waals surface area (Å²) in [5.41, 5.74) is 2.56. The Balaban J connectivity index is 1.92. The van der Waals surface area contributed by atoms with Crippen molar-refractivity contribution < 1.29 is 13.2 Å². The molecule has 0 heterocycles. The first-order chi connectivity index (χ1) is 12.8. The molecule has 5 nitrogen and oxygen atoms in total. The number of amides is 1. The van der Waals surface area contributed by atoms with Crippen LogP contribution in [0.5, 0.6) is 0 Å². The highest BCUT2D eigenvalue weighted by Gasteiger charge is 2.30. The van der Waals surface area contributed by atoms with Gasteiger partial charge in [-0.25, -0.2) is 8.42 Å². The molecule has 0 atom stereocenters. The lowest BCUT2D eigenvalue weighted by Gasteiger charge is -2.23. The van der Waals surface area contributed by atoms with E-state index in [0.717, 1.165) is 24.0 Å². The van der Waals surface area contributed by atoms with E-state index < -0.39 is 10.0 Å². The Morgan fingerprint density at radius 1 is 1.15 bits per heavy atom. The third-order valence-electron chi connectivity index (χ3n) is 4.68. The van der Waals surface area contributed by atoms with Crippen molar-refractivity contribution in [2.24, 2.45) is 0 Å². The summed E-state index contributed by atoms with van der Waals surface area (Å²) in [6.07, 6.45) is 1.89. The monoisotopic (exact) mass is 406 g/mol. The number of hydrogen-bond acceptors (Lipinski definition) is 3. The number of nitrogens with one attached hydrogen (secondary N) is 1. The van der Waals surface area contributed by atoms with Gasteiger partial charge in [0, 0.05) is 17.6 Å². The second-order valence-electron chi connectivity index (χ2n) is 6.95. The van der Waals surface area contributed by atoms with Crippen LogP contribution in [-0.2, 0) is 21.4 Å². The Kier molecular flexibility index (Phi) is 5.89. The van der Waals surface area contributed by atoms with E-state index in [1.165, 1.54) is 4.31 Å². The predicted molar refractivity (Wildman–Crippen MR) is 106 cm³/mol. The van der Waals surface area contributed by atoms with Crippen LogP contribution in [0.4, 0.5) is 0 Å². The van der Waals surface area contributed by atoms with Gasteiger partial charge in [0.25, 0.3) is 0 Å². The van der Waals surface area contributed by atoms with Crippen LogP contribution in [0.1, 0.15) is 29.5 Å². The zero-order chi connectivity index (χ0) is 19.6. The molecular weight excluding hydrogens is 384 g/mol. The average molecular weight is 407 g/mol. The summed E-state index contributed by atoms with van der Waals surface area (Å²) in [6, 6.07) is 12.2. The summed E-state index contributed by atoms with van der Waals surface area (Å²) in [5.74, 6) is -0.294. The molecule has 1 saturated carbocycles. The first kappa shape index (κ1) is 19.9. The van der Waals surface area contributed by atoms with E-state index in [1.54, 1.807) is 42.5 Å². The molecule has 27 heavy (non-hydrogen) atoms. The summed E-state index contributed by atoms with van der Waals surface area (Å²) >= 11 is 6.22. The number of benzene rings is 2. The number of rotatable bonds is 7. The minimum absolute atomic E-state index is 0.0347. The Morgan fingerprint density at radius 3 is 2.48 bits per heavy atom. The SMILES string of the molecule is Cc1ccc(S(=O)(=O)N(CC(=O)NC2CC2)Cc2ccccc2Cl)cc1C. The number of carbonyl (C=O) groups excluding carboxylic acids is 1. The number of hydrogen-bond donors (Lipinski definition) is 1. The molecule has 2 aromatic rings. The Bertz CT molecular complexity index is 955. The van der Waals surface area contributed by atoms with E-state index in [9.17, 15) is 13.2 Å². The molecule has 0 aromatic heterocycles. The van der Waals surface area contributed by atoms with Crippen molar-refractivity contribution in [2.75, 3.05) is 6.54 Å². The normalized spacial score (nSPS) is 14.4. The van der Waals surface area contributed by atoms with Gasteiger partial charge in [-0.1, -0.05) is 35.9 Å². The molecule has 0 spiro atoms. The molecule has 1 aliphatic rings. The molecular formula is C20H23ClN2O3S. The standard InChI is InChI=1S/C20H23ClN2O3S/c1-14-7-10-18(11-15(14)2)27(25,26)23(13-20(24)22-17-8-9-17)12-16-5-3-4-6-19(16)21/h3-7,10-11,17H,8-9,12-13H2,1-2H3,(H,22,24). The number of halogens is 1. The van der Waals surface area contributed by atoms with Gasteiger partial charge >= 0.3 is 0 Å². The van der Waals surface area contributed by atoms with Crippen molar-refractivity contribution in [2.45, 2.75) is 44.2 Å². The smallest absolute Gasteiger partial charge is 0.243 e. The van der Waals surface area contributed by atoms with Crippen molar-refractivity contribution in [3.63, 3.8) is 0 Å². The maximum absolute atomic E-state index is 13.3. The van der Waals surface area contributed by atoms with Crippen molar-refractivity contribution in [3.05, 3.63) is 64.2 Å². The van der Waals surface area contributed by atoms with Gasteiger partial charge in [-0.2, -0.15) is 4.31 Å². The lowest BCUT2D eigenvalue weighted by Crippen LogP contribution is -2.41. The van der Waals surface area contributed by atoms with Crippen molar-refractivity contribution >= 4 is 27.5 Å². The van der Waals surface area contributed by atoms with Crippen molar-refractivity contribution in [3.8, 4) is 0 Å². The van der Waals surface area contributed by atoms with Gasteiger partial charge in [-0.15, -0.1) is 0 Å². The molecule has 0 unspecified atom stereocenters. The van der Waals surface area contributed by atoms with E-state index in [-0.39, 0.29) is 29.9 Å². The average Bonchev–Trinajstić information content (AvgIpc) is 3.42. The van der Waals surface area contributed by atoms with Gasteiger partial charge in [0.15, 0.2) is 0 Å². The van der Waals surface area contributed by atoms with Crippen LogP contribution in [0.15, 0.2) is 47.4 Å². The van der Waals surface area contributed by atoms with E-state index in [2.05, 4.69) is 5.32 Å². The van der Waals surface area contributed by atoms with E-state index >= 15 is 0 Å². The van der Waals surface area contributed by atoms with Crippen LogP contribution in [0.25, 0.3) is 0 Å². The Hall–Kier alpha value is -1.89. The summed E-state index contributed by atoms with van der Waals surface area (Å²) in [4.78, 5) is 12.5. The third kappa shape index (κ3) is 4.89. The predicted octanol–water partition coefficient (Wildman–Crippen LogP) is 3.43. The minimum atomic E-state index is -3.85. The summed E-state index contributed by atoms with van der Waals surface area (Å²) in [5, 5.41) is 3.32. The quantitative estimate of drug-likeness (QED) is 0.766. The maximum atomic E-state index is 13.3. The molecule has 1 aliphatic carbocycles. The molecule has 0 radical (unpaired) electrons. The molecule has 0 saturated heterocycles. The fraction of sp³-hybridized carbons (Fsp3) is 0.350. The maximum Gasteiger partial charge on any atom is 0.243 e. The minimum Gasteiger partial charge on any atom is -0.352 e. The number of aryl methyl sites for hydroxylation is 2. The van der Waals surface area contributed by atoms with Gasteiger partial charge in [-0.05, 0) is 61.6 Å². The van der Waals surface area contributed by atoms with Crippen LogP contribution in [-0.4, -0.2) is 31.2 Å². The van der Waals surface area contributed by atoms with Crippen LogP contribution in [0, 0.1) is 13.8 Å². The molecule has 0 aliphatic heterocycles. The topological polar surface area (TPSA) is 66.5 Å². The fourth-order valence-electron chi connectivity index (χ4n) is 2.73. The first-order valence-electron chi connectivity index (χ1n) is 8.87. The number of nitrogens with zero attached hydrogens (tertiary/aromatic N) is 1. The third-order valence-corrected chi connectivity index (χ3v) is 6.84. The molecule has 1 N–H and O–H groups in total. The van der Waals surface area contributed by atoms with Crippen LogP contribution < -0.4 is 5.32 Å². The molecule has 3 rings (SSSR count). The van der Waals surface area contributed by atoms with E-state index in [0.29, 0.717) is 10.6 Å². The Morgan fingerprint density at radius 2 is 1.85 bits per heavy atom. The van der Waals surface area contributed by atoms with Gasteiger partial charge in [-0.3, -0.25) is 4.79 Å². The molecule has 7 heteroatoms. The second-order valence-corrected chi connectivity index (χ2v) is 9.30. The molecule has 1 amide bonds. The van der Waals surface area contributed by atoms with E-state index in [4.69, 9.17) is 11.6 Å². The highest BCUT2D eigenvalue weighted by molar-refractivity contribution is 7.89. The molecule has 2 aromatic carbocycles. The van der Waals surface area contributed by atoms with Crippen molar-refractivity contribution in [1.82, 2.24) is 9.62 Å². The molecule has 0 bridgehead atoms. The van der Waals surface area contributed by atoms with Gasteiger partial charge in [0.1, 0.15) is 0 Å². The van der Waals surface area contributed by atoms with Crippen LogP contribution in [0.3, 0.4) is 0 Å². The van der Waals surface area contributed by atoms with Gasteiger partial charge in [0.2, 0.25) is 15.9 Å². The highest BCUT2D eigenvalue weighted by Crippen LogP contribution is 2.24. The molecule has 144 valence electrons. The lowest BCUT2D eigenvalue weighted by molar-refractivity contribution is -0.121. The largest absolute Gasteiger partial charge is 0.352 e. The summed E-state index contributed by atoms with van der Waals surface area (Å²) < 4.78 is 27.7. The Labute approximate surface area is 165 Å². The first-order valence-corrected chi connectivity index (χ1v) is 10.7. The summed E-state index contributed by atoms with van der Waals surface area (Å²) in [7, 11) is -3.85. The van der Waals surface area contributed by atoms with Crippen LogP contribution >= 0.6 is 11.6 Å². The lowest BCUT2D eigenvalue weighted by atomic mass is 10.1. The summed E-state index contributed by atoms with van der Waals surface area (Å²) in [6.45, 7) is 3.59. The van der Waals surface area contributed by atoms with Crippen LogP contribution in [0.2, 0.25) is 5.02 Å². The highest BCUT2D eigenvalue weighted by atomic mass is 35.5.